The first-order valence-electron chi connectivity index (χ1n) is 15.2. The SMILES string of the molecule is CN(c1ccc(F)cc1)S(=O)(=O)NC(=O)[C@]12CC(=O)[C@@H]3CCCN3C(=O)[C@@H](NC(=O)OC(C)(C)C)CCCCC/C=C\[C@@H]1C2. The number of carbonyl (C=O) groups excluding carboxylic acids is 4. The van der Waals surface area contributed by atoms with Crippen molar-refractivity contribution in [2.24, 2.45) is 11.3 Å². The maximum atomic E-state index is 13.8. The molecule has 0 spiro atoms. The molecule has 2 aliphatic heterocycles. The largest absolute Gasteiger partial charge is 0.444 e. The van der Waals surface area contributed by atoms with Gasteiger partial charge < -0.3 is 15.0 Å². The highest BCUT2D eigenvalue weighted by atomic mass is 32.2. The number of ketones is 1. The summed E-state index contributed by atoms with van der Waals surface area (Å²) in [7, 11) is -3.12. The van der Waals surface area contributed by atoms with Crippen LogP contribution in [0.25, 0.3) is 0 Å². The Hall–Kier alpha value is -3.48. The lowest BCUT2D eigenvalue weighted by atomic mass is 9.91. The quantitative estimate of drug-likeness (QED) is 0.467. The van der Waals surface area contributed by atoms with E-state index in [1.54, 1.807) is 20.8 Å². The van der Waals surface area contributed by atoms with Gasteiger partial charge in [-0.2, -0.15) is 8.42 Å². The first-order chi connectivity index (χ1) is 20.6. The first kappa shape index (κ1) is 33.4. The van der Waals surface area contributed by atoms with Gasteiger partial charge in [0.05, 0.1) is 17.1 Å². The second kappa shape index (κ2) is 13.3. The number of hydrogen-bond donors (Lipinski definition) is 2. The summed E-state index contributed by atoms with van der Waals surface area (Å²) in [6.07, 6.45) is 7.59. The molecule has 4 rings (SSSR count). The van der Waals surface area contributed by atoms with Gasteiger partial charge in [0.25, 0.3) is 0 Å². The molecule has 242 valence electrons. The fourth-order valence-electron chi connectivity index (χ4n) is 5.96. The van der Waals surface area contributed by atoms with Crippen LogP contribution in [-0.2, 0) is 29.3 Å². The standard InChI is InChI=1S/C31H43FN4O7S/c1-30(2,3)43-29(40)33-24-12-9-7-5-6-8-11-21-19-31(21,20-26(37)25-13-10-18-36(25)27(24)38)28(39)34-44(41,42)35(4)23-16-14-22(32)15-17-23/h8,11,14-17,21,24-25H,5-7,9-10,12-13,18-20H2,1-4H3,(H,33,40)(H,34,39)/b11-8-/t21-,24+,25+,31-/m1/s1. The third-order valence-electron chi connectivity index (χ3n) is 8.48. The molecule has 4 atom stereocenters. The lowest BCUT2D eigenvalue weighted by molar-refractivity contribution is -0.140. The van der Waals surface area contributed by atoms with Gasteiger partial charge in [0, 0.05) is 20.0 Å². The summed E-state index contributed by atoms with van der Waals surface area (Å²) in [6, 6.07) is 3.14. The van der Waals surface area contributed by atoms with Crippen LogP contribution in [0.1, 0.15) is 78.6 Å². The van der Waals surface area contributed by atoms with Crippen LogP contribution >= 0.6 is 0 Å². The lowest BCUT2D eigenvalue weighted by Gasteiger charge is -2.30. The van der Waals surface area contributed by atoms with E-state index in [-0.39, 0.29) is 29.7 Å². The topological polar surface area (TPSA) is 142 Å². The molecule has 11 nitrogen and oxygen atoms in total. The average Bonchev–Trinajstić information content (AvgIpc) is 3.40. The van der Waals surface area contributed by atoms with Gasteiger partial charge in [-0.3, -0.25) is 18.7 Å². The predicted molar refractivity (Wildman–Crippen MR) is 162 cm³/mol. The Kier molecular flexibility index (Phi) is 10.1. The van der Waals surface area contributed by atoms with Crippen LogP contribution in [0, 0.1) is 17.2 Å². The van der Waals surface area contributed by atoms with Gasteiger partial charge in [-0.25, -0.2) is 13.9 Å². The highest BCUT2D eigenvalue weighted by molar-refractivity contribution is 7.91. The molecule has 2 heterocycles. The monoisotopic (exact) mass is 634 g/mol. The number of hydrogen-bond acceptors (Lipinski definition) is 7. The number of carbonyl (C=O) groups is 4. The van der Waals surface area contributed by atoms with Crippen molar-refractivity contribution in [1.29, 1.82) is 0 Å². The van der Waals surface area contributed by atoms with Gasteiger partial charge >= 0.3 is 16.3 Å². The van der Waals surface area contributed by atoms with Gasteiger partial charge in [0.1, 0.15) is 17.5 Å². The molecule has 0 radical (unpaired) electrons. The van der Waals surface area contributed by atoms with Gasteiger partial charge in [-0.15, -0.1) is 0 Å². The van der Waals surface area contributed by atoms with Crippen molar-refractivity contribution < 1.29 is 36.7 Å². The van der Waals surface area contributed by atoms with E-state index in [9.17, 15) is 32.0 Å². The van der Waals surface area contributed by atoms with Crippen molar-refractivity contribution in [1.82, 2.24) is 14.9 Å². The van der Waals surface area contributed by atoms with Gasteiger partial charge in [-0.1, -0.05) is 25.0 Å². The second-order valence-electron chi connectivity index (χ2n) is 12.9. The van der Waals surface area contributed by atoms with E-state index in [1.807, 2.05) is 12.2 Å². The number of nitrogens with zero attached hydrogens (tertiary/aromatic N) is 2. The minimum absolute atomic E-state index is 0.157. The van der Waals surface area contributed by atoms with Crippen molar-refractivity contribution in [3.63, 3.8) is 0 Å². The average molecular weight is 635 g/mol. The maximum Gasteiger partial charge on any atom is 0.408 e. The highest BCUT2D eigenvalue weighted by Gasteiger charge is 2.61. The molecule has 1 aromatic rings. The molecule has 3 aliphatic rings. The third-order valence-corrected chi connectivity index (χ3v) is 9.85. The van der Waals surface area contributed by atoms with Crippen molar-refractivity contribution in [2.75, 3.05) is 17.9 Å². The Labute approximate surface area is 258 Å². The molecule has 44 heavy (non-hydrogen) atoms. The zero-order chi connectivity index (χ0) is 32.3. The zero-order valence-corrected chi connectivity index (χ0v) is 26.6. The van der Waals surface area contributed by atoms with E-state index >= 15 is 0 Å². The number of ether oxygens (including phenoxy) is 1. The number of nitrogens with one attached hydrogen (secondary N) is 2. The predicted octanol–water partition coefficient (Wildman–Crippen LogP) is 3.99. The minimum atomic E-state index is -4.37. The number of alkyl carbamates (subject to hydrolysis) is 1. The Bertz CT molecular complexity index is 1390. The fourth-order valence-corrected chi connectivity index (χ4v) is 6.93. The summed E-state index contributed by atoms with van der Waals surface area (Å²) in [5, 5.41) is 2.71. The van der Waals surface area contributed by atoms with Crippen LogP contribution in [0.4, 0.5) is 14.9 Å². The van der Waals surface area contributed by atoms with Crippen molar-refractivity contribution in [3.05, 3.63) is 42.2 Å². The number of allylic oxidation sites excluding steroid dienone is 2. The summed E-state index contributed by atoms with van der Waals surface area (Å²) < 4.78 is 48.0. The molecular weight excluding hydrogens is 591 g/mol. The van der Waals surface area contributed by atoms with Gasteiger partial charge in [0.2, 0.25) is 11.8 Å². The minimum Gasteiger partial charge on any atom is -0.444 e. The van der Waals surface area contributed by atoms with E-state index in [1.165, 1.54) is 24.1 Å². The van der Waals surface area contributed by atoms with Crippen LogP contribution in [0.5, 0.6) is 0 Å². The number of rotatable bonds is 5. The van der Waals surface area contributed by atoms with Gasteiger partial charge in [0.15, 0.2) is 5.78 Å². The van der Waals surface area contributed by atoms with Crippen LogP contribution in [-0.4, -0.2) is 68.3 Å². The van der Waals surface area contributed by atoms with Crippen LogP contribution in [0.15, 0.2) is 36.4 Å². The van der Waals surface area contributed by atoms with Crippen molar-refractivity contribution >= 4 is 39.6 Å². The van der Waals surface area contributed by atoms with E-state index in [4.69, 9.17) is 4.74 Å². The van der Waals surface area contributed by atoms with Crippen LogP contribution < -0.4 is 14.3 Å². The molecule has 1 aromatic carbocycles. The molecule has 0 unspecified atom stereocenters. The summed E-state index contributed by atoms with van der Waals surface area (Å²) in [5.74, 6) is -2.35. The molecule has 1 saturated carbocycles. The number of Topliss-reactive ketones (excluding diaryl/α,β-unsaturated/α-hetero) is 1. The van der Waals surface area contributed by atoms with Crippen LogP contribution in [0.2, 0.25) is 0 Å². The highest BCUT2D eigenvalue weighted by Crippen LogP contribution is 2.57. The Morgan fingerprint density at radius 3 is 2.45 bits per heavy atom. The number of anilines is 1. The summed E-state index contributed by atoms with van der Waals surface area (Å²) in [6.45, 7) is 5.53. The molecule has 13 heteroatoms. The molecule has 1 saturated heterocycles. The second-order valence-corrected chi connectivity index (χ2v) is 14.6. The lowest BCUT2D eigenvalue weighted by Crippen LogP contribution is -2.53. The van der Waals surface area contributed by atoms with E-state index in [0.29, 0.717) is 45.1 Å². The van der Waals surface area contributed by atoms with Crippen molar-refractivity contribution in [2.45, 2.75) is 96.2 Å². The fraction of sp³-hybridized carbons (Fsp3) is 0.613. The maximum absolute atomic E-state index is 13.8. The molecule has 0 aromatic heterocycles. The normalized spacial score (nSPS) is 27.2. The Morgan fingerprint density at radius 1 is 1.07 bits per heavy atom. The molecule has 2 N–H and O–H groups in total. The summed E-state index contributed by atoms with van der Waals surface area (Å²) in [5.41, 5.74) is -1.87. The van der Waals surface area contributed by atoms with E-state index < -0.39 is 51.1 Å². The molecule has 0 bridgehead atoms. The number of amides is 3. The Morgan fingerprint density at radius 2 is 1.77 bits per heavy atom. The summed E-state index contributed by atoms with van der Waals surface area (Å²) >= 11 is 0. The zero-order valence-electron chi connectivity index (χ0n) is 25.8. The first-order valence-corrected chi connectivity index (χ1v) is 16.6. The molecule has 3 amide bonds. The number of benzene rings is 1. The van der Waals surface area contributed by atoms with Crippen molar-refractivity contribution in [3.8, 4) is 0 Å². The molecule has 1 aliphatic carbocycles. The van der Waals surface area contributed by atoms with E-state index in [0.717, 1.165) is 29.3 Å². The number of halogens is 1. The van der Waals surface area contributed by atoms with E-state index in [2.05, 4.69) is 10.0 Å². The molecular formula is C31H43FN4O7S. The summed E-state index contributed by atoms with van der Waals surface area (Å²) in [4.78, 5) is 55.3. The smallest absolute Gasteiger partial charge is 0.408 e. The van der Waals surface area contributed by atoms with Crippen LogP contribution in [0.3, 0.4) is 0 Å². The number of fused-ring (bicyclic) bond motifs is 2. The molecule has 2 fully saturated rings. The third kappa shape index (κ3) is 7.96. The van der Waals surface area contributed by atoms with Gasteiger partial charge in [-0.05, 0) is 89.5 Å². The Balaban J connectivity index is 1.55.